The average molecular weight is 156 g/mol. The highest BCUT2D eigenvalue weighted by molar-refractivity contribution is 7.85. The van der Waals surface area contributed by atoms with Crippen LogP contribution in [0.15, 0.2) is 0 Å². The van der Waals surface area contributed by atoms with E-state index in [0.717, 1.165) is 6.42 Å². The molecule has 0 amide bonds. The van der Waals surface area contributed by atoms with Gasteiger partial charge in [-0.15, -0.1) is 0 Å². The Morgan fingerprint density at radius 1 is 1.10 bits per heavy atom. The minimum atomic E-state index is 1.02. The molecule has 0 saturated carbocycles. The van der Waals surface area contributed by atoms with Crippen molar-refractivity contribution in [3.8, 4) is 11.2 Å². The Morgan fingerprint density at radius 3 is 2.40 bits per heavy atom. The van der Waals surface area contributed by atoms with Crippen LogP contribution in [0.1, 0.15) is 45.4 Å². The molecule has 0 aromatic carbocycles. The van der Waals surface area contributed by atoms with Gasteiger partial charge in [0.05, 0.1) is 0 Å². The number of hydrogen-bond acceptors (Lipinski definition) is 1. The fraction of sp³-hybridized carbons (Fsp3) is 0.778. The molecular weight excluding hydrogens is 140 g/mol. The van der Waals surface area contributed by atoms with E-state index >= 15 is 0 Å². The second-order valence-corrected chi connectivity index (χ2v) is 2.68. The third kappa shape index (κ3) is 7.91. The molecule has 0 bridgehead atoms. The first-order valence-electron chi connectivity index (χ1n) is 4.03. The molecule has 0 saturated heterocycles. The first-order valence-corrected chi connectivity index (χ1v) is 4.48. The zero-order valence-corrected chi connectivity index (χ0v) is 7.58. The molecule has 0 rings (SSSR count). The zero-order valence-electron chi connectivity index (χ0n) is 6.69. The van der Waals surface area contributed by atoms with Gasteiger partial charge >= 0.3 is 0 Å². The third-order valence-electron chi connectivity index (χ3n) is 1.48. The Hall–Kier alpha value is -0.0900. The van der Waals surface area contributed by atoms with Crippen molar-refractivity contribution in [3.05, 3.63) is 0 Å². The van der Waals surface area contributed by atoms with Crippen molar-refractivity contribution < 1.29 is 0 Å². The topological polar surface area (TPSA) is 0 Å². The van der Waals surface area contributed by atoms with Crippen molar-refractivity contribution in [1.82, 2.24) is 0 Å². The molecule has 0 nitrogen and oxygen atoms in total. The lowest BCUT2D eigenvalue weighted by atomic mass is 10.1. The van der Waals surface area contributed by atoms with E-state index in [2.05, 4.69) is 30.7 Å². The molecule has 58 valence electrons. The average Bonchev–Trinajstić information content (AvgIpc) is 1.97. The van der Waals surface area contributed by atoms with E-state index in [9.17, 15) is 0 Å². The standard InChI is InChI=1S/C9H16S/c1-2-3-4-5-6-7-8-9-10/h10H,2-7H2,1H3. The highest BCUT2D eigenvalue weighted by Gasteiger charge is 1.85. The van der Waals surface area contributed by atoms with Crippen LogP contribution < -0.4 is 0 Å². The Labute approximate surface area is 69.8 Å². The molecule has 1 heteroatoms. The van der Waals surface area contributed by atoms with Crippen molar-refractivity contribution in [1.29, 1.82) is 0 Å². The van der Waals surface area contributed by atoms with Gasteiger partial charge in [0.15, 0.2) is 0 Å². The van der Waals surface area contributed by atoms with E-state index in [1.54, 1.807) is 0 Å². The summed E-state index contributed by atoms with van der Waals surface area (Å²) in [6.07, 6.45) is 7.65. The summed E-state index contributed by atoms with van der Waals surface area (Å²) in [6.45, 7) is 2.23. The van der Waals surface area contributed by atoms with Crippen LogP contribution in [-0.2, 0) is 0 Å². The van der Waals surface area contributed by atoms with Gasteiger partial charge in [-0.25, -0.2) is 0 Å². The summed E-state index contributed by atoms with van der Waals surface area (Å²) in [5.74, 6) is 2.94. The van der Waals surface area contributed by atoms with E-state index in [1.807, 2.05) is 0 Å². The van der Waals surface area contributed by atoms with Crippen LogP contribution in [0.4, 0.5) is 0 Å². The smallest absolute Gasteiger partial charge is 0.00975 e. The molecular formula is C9H16S. The van der Waals surface area contributed by atoms with Crippen LogP contribution in [0, 0.1) is 11.2 Å². The quantitative estimate of drug-likeness (QED) is 0.352. The molecule has 0 aromatic heterocycles. The van der Waals surface area contributed by atoms with E-state index in [0.29, 0.717) is 0 Å². The van der Waals surface area contributed by atoms with Gasteiger partial charge in [-0.1, -0.05) is 51.2 Å². The Bertz CT molecular complexity index is 108. The maximum absolute atomic E-state index is 3.80. The van der Waals surface area contributed by atoms with Gasteiger partial charge < -0.3 is 0 Å². The van der Waals surface area contributed by atoms with Crippen molar-refractivity contribution >= 4 is 12.6 Å². The second-order valence-electron chi connectivity index (χ2n) is 2.45. The first kappa shape index (κ1) is 9.91. The predicted molar refractivity (Wildman–Crippen MR) is 50.1 cm³/mol. The maximum atomic E-state index is 3.80. The molecule has 0 radical (unpaired) electrons. The lowest BCUT2D eigenvalue weighted by Crippen LogP contribution is -1.75. The van der Waals surface area contributed by atoms with Gasteiger partial charge in [-0.05, 0) is 11.7 Å². The highest BCUT2D eigenvalue weighted by atomic mass is 32.1. The van der Waals surface area contributed by atoms with Gasteiger partial charge in [-0.2, -0.15) is 0 Å². The summed E-state index contributed by atoms with van der Waals surface area (Å²) in [7, 11) is 0. The van der Waals surface area contributed by atoms with Crippen LogP contribution in [0.2, 0.25) is 0 Å². The largest absolute Gasteiger partial charge is 0.0922 e. The Balaban J connectivity index is 2.82. The van der Waals surface area contributed by atoms with E-state index < -0.39 is 0 Å². The second kappa shape index (κ2) is 8.91. The highest BCUT2D eigenvalue weighted by Crippen LogP contribution is 2.03. The van der Waals surface area contributed by atoms with Gasteiger partial charge in [0.2, 0.25) is 0 Å². The minimum absolute atomic E-state index is 1.02. The maximum Gasteiger partial charge on any atom is 0.00975 e. The molecule has 0 aliphatic carbocycles. The third-order valence-corrected chi connectivity index (χ3v) is 1.64. The molecule has 0 aliphatic rings. The molecule has 0 fully saturated rings. The molecule has 0 spiro atoms. The molecule has 0 atom stereocenters. The van der Waals surface area contributed by atoms with Crippen LogP contribution >= 0.6 is 12.6 Å². The Morgan fingerprint density at radius 2 is 1.80 bits per heavy atom. The van der Waals surface area contributed by atoms with Crippen LogP contribution in [0.5, 0.6) is 0 Å². The van der Waals surface area contributed by atoms with Gasteiger partial charge in [0, 0.05) is 6.42 Å². The number of rotatable bonds is 5. The van der Waals surface area contributed by atoms with E-state index in [-0.39, 0.29) is 0 Å². The molecule has 0 aliphatic heterocycles. The SMILES string of the molecule is CCCCCCCC#CS. The first-order chi connectivity index (χ1) is 4.91. The van der Waals surface area contributed by atoms with Gasteiger partial charge in [0.1, 0.15) is 0 Å². The summed E-state index contributed by atoms with van der Waals surface area (Å²) < 4.78 is 0. The molecule has 0 heterocycles. The fourth-order valence-corrected chi connectivity index (χ4v) is 0.985. The van der Waals surface area contributed by atoms with Crippen LogP contribution in [0.25, 0.3) is 0 Å². The van der Waals surface area contributed by atoms with Crippen molar-refractivity contribution in [2.24, 2.45) is 0 Å². The molecule has 0 unspecified atom stereocenters. The Kier molecular flexibility index (Phi) is 8.83. The van der Waals surface area contributed by atoms with E-state index in [1.165, 1.54) is 32.1 Å². The van der Waals surface area contributed by atoms with E-state index in [4.69, 9.17) is 0 Å². The molecule has 0 N–H and O–H groups in total. The summed E-state index contributed by atoms with van der Waals surface area (Å²) >= 11 is 3.80. The van der Waals surface area contributed by atoms with Crippen LogP contribution in [-0.4, -0.2) is 0 Å². The number of unbranched alkanes of at least 4 members (excludes halogenated alkanes) is 5. The number of thiol groups is 1. The molecule has 10 heavy (non-hydrogen) atoms. The molecule has 0 aromatic rings. The van der Waals surface area contributed by atoms with Crippen molar-refractivity contribution in [2.75, 3.05) is 0 Å². The lowest BCUT2D eigenvalue weighted by Gasteiger charge is -1.93. The van der Waals surface area contributed by atoms with Crippen LogP contribution in [0.3, 0.4) is 0 Å². The lowest BCUT2D eigenvalue weighted by molar-refractivity contribution is 0.641. The van der Waals surface area contributed by atoms with Gasteiger partial charge in [0.25, 0.3) is 0 Å². The number of hydrogen-bond donors (Lipinski definition) is 1. The fourth-order valence-electron chi connectivity index (χ4n) is 0.873. The monoisotopic (exact) mass is 156 g/mol. The van der Waals surface area contributed by atoms with Crippen molar-refractivity contribution in [2.45, 2.75) is 45.4 Å². The predicted octanol–water partition coefficient (Wildman–Crippen LogP) is 3.24. The zero-order chi connectivity index (χ0) is 7.66. The van der Waals surface area contributed by atoms with Crippen molar-refractivity contribution in [3.63, 3.8) is 0 Å². The summed E-state index contributed by atoms with van der Waals surface area (Å²) in [6, 6.07) is 0. The summed E-state index contributed by atoms with van der Waals surface area (Å²) in [5, 5.41) is 2.60. The minimum Gasteiger partial charge on any atom is -0.0922 e. The summed E-state index contributed by atoms with van der Waals surface area (Å²) in [5.41, 5.74) is 0. The normalized spacial score (nSPS) is 8.60. The van der Waals surface area contributed by atoms with Gasteiger partial charge in [-0.3, -0.25) is 0 Å². The summed E-state index contributed by atoms with van der Waals surface area (Å²) in [4.78, 5) is 0.